The van der Waals surface area contributed by atoms with Gasteiger partial charge in [0.2, 0.25) is 5.91 Å². The minimum Gasteiger partial charge on any atom is -0.493 e. The molecular weight excluding hydrogens is 505 g/mol. The van der Waals surface area contributed by atoms with Gasteiger partial charge in [0.15, 0.2) is 11.5 Å². The Bertz CT molecular complexity index is 1230. The third-order valence-electron chi connectivity index (χ3n) is 6.91. The summed E-state index contributed by atoms with van der Waals surface area (Å²) >= 11 is 0. The molecule has 2 atom stereocenters. The first-order valence-corrected chi connectivity index (χ1v) is 15.2. The molecule has 0 saturated carbocycles. The van der Waals surface area contributed by atoms with E-state index in [1.807, 2.05) is 73.3 Å². The zero-order valence-electron chi connectivity index (χ0n) is 24.1. The minimum atomic E-state index is 0.0987. The summed E-state index contributed by atoms with van der Waals surface area (Å²) in [5.74, 6) is 1.40. The van der Waals surface area contributed by atoms with E-state index in [2.05, 4.69) is 30.6 Å². The maximum Gasteiger partial charge on any atom is 0.241 e. The molecule has 0 aromatic heterocycles. The molecule has 6 nitrogen and oxygen atoms in total. The van der Waals surface area contributed by atoms with E-state index < -0.39 is 0 Å². The number of carbonyl (C=O) groups is 1. The molecule has 1 amide bonds. The number of nitrogens with zero attached hydrogens (tertiary/aromatic N) is 2. The molecule has 1 heterocycles. The van der Waals surface area contributed by atoms with Gasteiger partial charge in [-0.25, -0.2) is 0 Å². The van der Waals surface area contributed by atoms with Crippen LogP contribution in [0.5, 0.6) is 11.5 Å². The number of methoxy groups -OCH3 is 2. The average Bonchev–Trinajstić information content (AvgIpc) is 2.98. The lowest BCUT2D eigenvalue weighted by Crippen LogP contribution is -2.50. The highest BCUT2D eigenvalue weighted by atomic mass is 31.1. The maximum atomic E-state index is 13.0. The first kappa shape index (κ1) is 30.3. The summed E-state index contributed by atoms with van der Waals surface area (Å²) in [6, 6.07) is 21.9. The molecular formula is C32H42N3O3P. The van der Waals surface area contributed by atoms with Crippen LogP contribution in [0.4, 0.5) is 5.69 Å². The Hall–Kier alpha value is -3.21. The minimum absolute atomic E-state index is 0.0987. The predicted molar refractivity (Wildman–Crippen MR) is 165 cm³/mol. The first-order chi connectivity index (χ1) is 18.9. The Morgan fingerprint density at radius 1 is 0.974 bits per heavy atom. The summed E-state index contributed by atoms with van der Waals surface area (Å²) in [4.78, 5) is 17.0. The average molecular weight is 548 g/mol. The zero-order chi connectivity index (χ0) is 28.4. The number of carbonyl (C=O) groups excluding carboxylic acids is 1. The van der Waals surface area contributed by atoms with Crippen molar-refractivity contribution in [2.75, 3.05) is 45.4 Å². The summed E-state index contributed by atoms with van der Waals surface area (Å²) in [6.45, 7) is 11.1. The van der Waals surface area contributed by atoms with Crippen LogP contribution < -0.4 is 14.4 Å². The molecule has 4 rings (SSSR count). The molecule has 0 radical (unpaired) electrons. The van der Waals surface area contributed by atoms with Crippen LogP contribution in [-0.4, -0.2) is 62.7 Å². The van der Waals surface area contributed by atoms with Gasteiger partial charge in [0.1, 0.15) is 0 Å². The van der Waals surface area contributed by atoms with Crippen LogP contribution >= 0.6 is 8.58 Å². The summed E-state index contributed by atoms with van der Waals surface area (Å²) in [5, 5.41) is 9.02. The van der Waals surface area contributed by atoms with E-state index in [-0.39, 0.29) is 5.91 Å². The molecule has 1 saturated heterocycles. The second-order valence-electron chi connectivity index (χ2n) is 9.42. The second-order valence-corrected chi connectivity index (χ2v) is 11.0. The van der Waals surface area contributed by atoms with Crippen molar-refractivity contribution in [3.63, 3.8) is 0 Å². The lowest BCUT2D eigenvalue weighted by atomic mass is 9.94. The molecule has 2 unspecified atom stereocenters. The lowest BCUT2D eigenvalue weighted by Gasteiger charge is -2.34. The Morgan fingerprint density at radius 2 is 1.62 bits per heavy atom. The fourth-order valence-electron chi connectivity index (χ4n) is 4.69. The van der Waals surface area contributed by atoms with E-state index in [4.69, 9.17) is 14.9 Å². The topological polar surface area (TPSA) is 65.9 Å². The molecule has 39 heavy (non-hydrogen) atoms. The Balaban J connectivity index is 0.00000205. The van der Waals surface area contributed by atoms with Crippen LogP contribution in [0.1, 0.15) is 43.0 Å². The first-order valence-electron chi connectivity index (χ1n) is 13.6. The van der Waals surface area contributed by atoms with Gasteiger partial charge in [0.25, 0.3) is 0 Å². The fraction of sp³-hybridized carbons (Fsp3) is 0.375. The number of nitrogens with one attached hydrogen (secondary N) is 1. The molecule has 1 aliphatic heterocycles. The van der Waals surface area contributed by atoms with Crippen LogP contribution in [0, 0.1) is 5.41 Å². The van der Waals surface area contributed by atoms with E-state index in [1.54, 1.807) is 14.2 Å². The van der Waals surface area contributed by atoms with Crippen LogP contribution in [0.3, 0.4) is 0 Å². The maximum absolute atomic E-state index is 13.0. The van der Waals surface area contributed by atoms with Crippen molar-refractivity contribution in [1.82, 2.24) is 4.90 Å². The highest BCUT2D eigenvalue weighted by Gasteiger charge is 2.25. The number of benzene rings is 3. The third-order valence-corrected chi connectivity index (χ3v) is 8.10. The van der Waals surface area contributed by atoms with Crippen molar-refractivity contribution >= 4 is 25.9 Å². The van der Waals surface area contributed by atoms with Crippen molar-refractivity contribution in [2.24, 2.45) is 0 Å². The molecule has 1 N–H and O–H groups in total. The van der Waals surface area contributed by atoms with Crippen molar-refractivity contribution in [2.45, 2.75) is 39.4 Å². The molecule has 0 bridgehead atoms. The summed E-state index contributed by atoms with van der Waals surface area (Å²) in [5.41, 5.74) is 5.77. The van der Waals surface area contributed by atoms with Crippen molar-refractivity contribution < 1.29 is 14.3 Å². The SMILES string of the molecule is CC.COc1cc(CC(C)PC)c(C(=N)c2ccc(N3CCN(Cc4ccccc4)CC3=O)cc2)cc1OC. The van der Waals surface area contributed by atoms with Gasteiger partial charge in [-0.1, -0.05) is 63.2 Å². The number of anilines is 1. The monoisotopic (exact) mass is 547 g/mol. The highest BCUT2D eigenvalue weighted by Crippen LogP contribution is 2.34. The van der Waals surface area contributed by atoms with Gasteiger partial charge in [0.05, 0.1) is 26.5 Å². The number of piperazine rings is 1. The standard InChI is InChI=1S/C30H36N3O3P.C2H6/c1-21(37-4)16-24-17-27(35-2)28(36-3)18-26(24)30(31)23-10-12-25(13-11-23)33-15-14-32(20-29(33)34)19-22-8-6-5-7-9-22;1-2/h5-13,17-18,21,31,37H,14-16,19-20H2,1-4H3;1-2H3. The molecule has 7 heteroatoms. The normalized spacial score (nSPS) is 14.6. The largest absolute Gasteiger partial charge is 0.493 e. The Morgan fingerprint density at radius 3 is 2.21 bits per heavy atom. The van der Waals surface area contributed by atoms with E-state index in [9.17, 15) is 4.79 Å². The second kappa shape index (κ2) is 14.8. The molecule has 3 aromatic carbocycles. The van der Waals surface area contributed by atoms with E-state index in [0.29, 0.717) is 36.0 Å². The molecule has 1 fully saturated rings. The van der Waals surface area contributed by atoms with Gasteiger partial charge in [-0.3, -0.25) is 15.1 Å². The van der Waals surface area contributed by atoms with Gasteiger partial charge in [-0.05, 0) is 54.1 Å². The summed E-state index contributed by atoms with van der Waals surface area (Å²) < 4.78 is 11.1. The third kappa shape index (κ3) is 7.68. The highest BCUT2D eigenvalue weighted by molar-refractivity contribution is 7.37. The van der Waals surface area contributed by atoms with Gasteiger partial charge in [-0.2, -0.15) is 0 Å². The quantitative estimate of drug-likeness (QED) is 0.241. The number of hydrogen-bond donors (Lipinski definition) is 1. The molecule has 3 aromatic rings. The molecule has 208 valence electrons. The van der Waals surface area contributed by atoms with Crippen LogP contribution in [-0.2, 0) is 17.8 Å². The number of hydrogen-bond acceptors (Lipinski definition) is 5. The van der Waals surface area contributed by atoms with Crippen molar-refractivity contribution in [3.05, 3.63) is 89.0 Å². The molecule has 0 spiro atoms. The number of rotatable bonds is 10. The lowest BCUT2D eigenvalue weighted by molar-refractivity contribution is -0.121. The molecule has 1 aliphatic rings. The van der Waals surface area contributed by atoms with E-state index in [0.717, 1.165) is 50.5 Å². The van der Waals surface area contributed by atoms with Gasteiger partial charge < -0.3 is 14.4 Å². The van der Waals surface area contributed by atoms with Crippen LogP contribution in [0.25, 0.3) is 0 Å². The van der Waals surface area contributed by atoms with E-state index >= 15 is 0 Å². The number of amides is 1. The van der Waals surface area contributed by atoms with Gasteiger partial charge in [-0.15, -0.1) is 8.58 Å². The van der Waals surface area contributed by atoms with Gasteiger partial charge >= 0.3 is 0 Å². The van der Waals surface area contributed by atoms with Crippen LogP contribution in [0.15, 0.2) is 66.7 Å². The molecule has 0 aliphatic carbocycles. The van der Waals surface area contributed by atoms with E-state index in [1.165, 1.54) is 5.56 Å². The fourth-order valence-corrected chi connectivity index (χ4v) is 5.11. The van der Waals surface area contributed by atoms with Crippen molar-refractivity contribution in [1.29, 1.82) is 5.41 Å². The Kier molecular flexibility index (Phi) is 11.5. The Labute approximate surface area is 235 Å². The smallest absolute Gasteiger partial charge is 0.241 e. The summed E-state index contributed by atoms with van der Waals surface area (Å²) in [6.07, 6.45) is 0.868. The zero-order valence-corrected chi connectivity index (χ0v) is 25.1. The predicted octanol–water partition coefficient (Wildman–Crippen LogP) is 6.23. The van der Waals surface area contributed by atoms with Crippen LogP contribution in [0.2, 0.25) is 0 Å². The number of ether oxygens (including phenoxy) is 2. The van der Waals surface area contributed by atoms with Gasteiger partial charge in [0, 0.05) is 36.4 Å². The van der Waals surface area contributed by atoms with Crippen molar-refractivity contribution in [3.8, 4) is 11.5 Å². The summed E-state index contributed by atoms with van der Waals surface area (Å²) in [7, 11) is 4.07.